The van der Waals surface area contributed by atoms with Crippen LogP contribution in [0.5, 0.6) is 0 Å². The Morgan fingerprint density at radius 1 is 0.455 bits per heavy atom. The summed E-state index contributed by atoms with van der Waals surface area (Å²) in [6, 6.07) is 60.4. The normalized spacial score (nSPS) is 23.3. The molecule has 3 fully saturated rings. The number of anilines is 3. The van der Waals surface area contributed by atoms with E-state index in [1.165, 1.54) is 77.6 Å². The minimum atomic E-state index is 0.653. The predicted molar refractivity (Wildman–Crippen MR) is 227 cm³/mol. The summed E-state index contributed by atoms with van der Waals surface area (Å²) in [5, 5.41) is 2.31. The lowest BCUT2D eigenvalue weighted by molar-refractivity contribution is -0.179. The molecule has 0 radical (unpaired) electrons. The maximum absolute atomic E-state index is 6.45. The fourth-order valence-electron chi connectivity index (χ4n) is 11.9. The van der Waals surface area contributed by atoms with E-state index < -0.39 is 0 Å². The molecule has 1 aromatic heterocycles. The van der Waals surface area contributed by atoms with Crippen molar-refractivity contribution in [3.63, 3.8) is 0 Å². The van der Waals surface area contributed by atoms with Crippen molar-refractivity contribution < 1.29 is 4.42 Å². The zero-order valence-electron chi connectivity index (χ0n) is 31.0. The van der Waals surface area contributed by atoms with E-state index in [9.17, 15) is 0 Å². The highest BCUT2D eigenvalue weighted by molar-refractivity contribution is 6.09. The molecule has 266 valence electrons. The van der Waals surface area contributed by atoms with Crippen molar-refractivity contribution in [2.75, 3.05) is 4.90 Å². The van der Waals surface area contributed by atoms with E-state index in [0.717, 1.165) is 68.1 Å². The maximum Gasteiger partial charge on any atom is 0.143 e. The molecule has 2 bridgehead atoms. The molecule has 0 amide bonds. The molecule has 0 aliphatic heterocycles. The van der Waals surface area contributed by atoms with E-state index in [0.29, 0.717) is 5.41 Å². The van der Waals surface area contributed by atoms with Crippen molar-refractivity contribution in [3.05, 3.63) is 175 Å². The van der Waals surface area contributed by atoms with Crippen LogP contribution in [-0.2, 0) is 12.8 Å². The van der Waals surface area contributed by atoms with Crippen molar-refractivity contribution in [2.45, 2.75) is 38.5 Å². The molecular formula is C53H43NO. The topological polar surface area (TPSA) is 16.4 Å². The summed E-state index contributed by atoms with van der Waals surface area (Å²) in [5.74, 6) is 3.62. The molecule has 5 atom stereocenters. The summed E-state index contributed by atoms with van der Waals surface area (Å²) >= 11 is 0. The third kappa shape index (κ3) is 4.80. The molecule has 2 heteroatoms. The summed E-state index contributed by atoms with van der Waals surface area (Å²) in [5.41, 5.74) is 16.6. The van der Waals surface area contributed by atoms with Gasteiger partial charge in [-0.15, -0.1) is 0 Å². The fourth-order valence-corrected chi connectivity index (χ4v) is 11.9. The molecule has 5 unspecified atom stereocenters. The van der Waals surface area contributed by atoms with Gasteiger partial charge in [0, 0.05) is 33.4 Å². The number of benzene rings is 7. The van der Waals surface area contributed by atoms with Crippen LogP contribution >= 0.6 is 0 Å². The van der Waals surface area contributed by atoms with E-state index in [-0.39, 0.29) is 0 Å². The van der Waals surface area contributed by atoms with Crippen molar-refractivity contribution in [3.8, 4) is 33.4 Å². The van der Waals surface area contributed by atoms with Gasteiger partial charge in [-0.25, -0.2) is 0 Å². The Morgan fingerprint density at radius 3 is 1.93 bits per heavy atom. The molecular weight excluding hydrogens is 667 g/mol. The Bertz CT molecular complexity index is 2740. The Hall–Kier alpha value is -5.86. The molecule has 0 saturated heterocycles. The van der Waals surface area contributed by atoms with Crippen LogP contribution in [0.15, 0.2) is 168 Å². The average Bonchev–Trinajstić information content (AvgIpc) is 3.79. The number of rotatable bonds is 5. The first-order chi connectivity index (χ1) is 27.2. The number of fused-ring (bicyclic) bond motifs is 7. The SMILES string of the molecule is c1ccc(-c2ccc(N(c3ccc(-c4cccc5c4oc4ccccc45)cc3)c3ccc4c(c3)-c3ccccc3CC3CC5CC6CC(C4)CC365)cc2)cc1. The van der Waals surface area contributed by atoms with Crippen LogP contribution in [-0.4, -0.2) is 0 Å². The number of furan rings is 1. The van der Waals surface area contributed by atoms with Gasteiger partial charge in [0.15, 0.2) is 0 Å². The van der Waals surface area contributed by atoms with Gasteiger partial charge in [-0.3, -0.25) is 0 Å². The third-order valence-corrected chi connectivity index (χ3v) is 14.4. The quantitative estimate of drug-likeness (QED) is 0.177. The molecule has 1 heterocycles. The molecule has 55 heavy (non-hydrogen) atoms. The van der Waals surface area contributed by atoms with Gasteiger partial charge in [0.05, 0.1) is 0 Å². The first-order valence-electron chi connectivity index (χ1n) is 20.4. The highest BCUT2D eigenvalue weighted by Gasteiger charge is 2.68. The van der Waals surface area contributed by atoms with Gasteiger partial charge in [0.2, 0.25) is 0 Å². The second-order valence-electron chi connectivity index (χ2n) is 17.0. The van der Waals surface area contributed by atoms with Crippen molar-refractivity contribution in [1.29, 1.82) is 0 Å². The average molecular weight is 710 g/mol. The zero-order chi connectivity index (χ0) is 36.1. The molecule has 3 saturated carbocycles. The Labute approximate surface area is 323 Å². The van der Waals surface area contributed by atoms with Crippen molar-refractivity contribution in [1.82, 2.24) is 0 Å². The third-order valence-electron chi connectivity index (χ3n) is 14.4. The fraction of sp³-hybridized carbons (Fsp3) is 0.208. The van der Waals surface area contributed by atoms with E-state index in [1.807, 2.05) is 6.07 Å². The second kappa shape index (κ2) is 12.1. The van der Waals surface area contributed by atoms with Crippen LogP contribution in [0, 0.1) is 29.1 Å². The van der Waals surface area contributed by atoms with Crippen LogP contribution in [0.4, 0.5) is 17.1 Å². The monoisotopic (exact) mass is 709 g/mol. The Morgan fingerprint density at radius 2 is 1.09 bits per heavy atom. The summed E-state index contributed by atoms with van der Waals surface area (Å²) in [4.78, 5) is 2.45. The molecule has 8 aromatic rings. The van der Waals surface area contributed by atoms with Crippen molar-refractivity contribution >= 4 is 39.0 Å². The molecule has 12 rings (SSSR count). The summed E-state index contributed by atoms with van der Waals surface area (Å²) in [7, 11) is 0. The van der Waals surface area contributed by atoms with Crippen LogP contribution < -0.4 is 4.90 Å². The van der Waals surface area contributed by atoms with E-state index in [2.05, 4.69) is 163 Å². The highest BCUT2D eigenvalue weighted by Crippen LogP contribution is 2.76. The lowest BCUT2D eigenvalue weighted by atomic mass is 9.37. The van der Waals surface area contributed by atoms with E-state index in [1.54, 1.807) is 0 Å². The summed E-state index contributed by atoms with van der Waals surface area (Å²) in [6.45, 7) is 0. The summed E-state index contributed by atoms with van der Waals surface area (Å²) < 4.78 is 6.45. The minimum Gasteiger partial charge on any atom is -0.455 e. The predicted octanol–water partition coefficient (Wildman–Crippen LogP) is 14.2. The number of hydrogen-bond acceptors (Lipinski definition) is 2. The summed E-state index contributed by atoms with van der Waals surface area (Å²) in [6.07, 6.45) is 8.23. The van der Waals surface area contributed by atoms with E-state index in [4.69, 9.17) is 4.42 Å². The molecule has 4 aliphatic rings. The highest BCUT2D eigenvalue weighted by atomic mass is 16.3. The van der Waals surface area contributed by atoms with Gasteiger partial charge >= 0.3 is 0 Å². The van der Waals surface area contributed by atoms with Crippen molar-refractivity contribution in [2.24, 2.45) is 29.1 Å². The van der Waals surface area contributed by atoms with Gasteiger partial charge in [-0.1, -0.05) is 121 Å². The lowest BCUT2D eigenvalue weighted by Crippen LogP contribution is -2.60. The zero-order valence-corrected chi connectivity index (χ0v) is 31.0. The smallest absolute Gasteiger partial charge is 0.143 e. The van der Waals surface area contributed by atoms with E-state index >= 15 is 0 Å². The van der Waals surface area contributed by atoms with Crippen LogP contribution in [0.25, 0.3) is 55.3 Å². The maximum atomic E-state index is 6.45. The molecule has 7 aromatic carbocycles. The van der Waals surface area contributed by atoms with Gasteiger partial charge in [0.1, 0.15) is 11.2 Å². The first kappa shape index (κ1) is 31.5. The Kier molecular flexibility index (Phi) is 6.91. The van der Waals surface area contributed by atoms with Crippen LogP contribution in [0.2, 0.25) is 0 Å². The molecule has 0 N–H and O–H groups in total. The molecule has 1 spiro atoms. The second-order valence-corrected chi connectivity index (χ2v) is 17.0. The lowest BCUT2D eigenvalue weighted by Gasteiger charge is -2.67. The molecule has 4 aliphatic carbocycles. The standard InChI is InChI=1S/C53H43NO/c1-2-9-35(10-3-1)36-17-22-43(23-18-36)54(44-24-19-37(20-25-44)47-14-8-15-49-48-13-6-7-16-51(48)55-52(47)49)45-26-21-39-27-34-28-40-30-42-31-41(53(40,42)33-34)29-38-11-4-5-12-46(38)50(39)32-45/h1-26,32,34,40-42H,27-31,33H2. The minimum absolute atomic E-state index is 0.653. The number of para-hydroxylation sites is 2. The van der Waals surface area contributed by atoms with Crippen LogP contribution in [0.3, 0.4) is 0 Å². The first-order valence-corrected chi connectivity index (χ1v) is 20.4. The Balaban J connectivity index is 0.981. The van der Waals surface area contributed by atoms with Gasteiger partial charge in [-0.05, 0) is 149 Å². The van der Waals surface area contributed by atoms with Gasteiger partial charge in [0.25, 0.3) is 0 Å². The number of hydrogen-bond donors (Lipinski definition) is 0. The molecule has 2 nitrogen and oxygen atoms in total. The van der Waals surface area contributed by atoms with Crippen LogP contribution in [0.1, 0.15) is 36.8 Å². The largest absolute Gasteiger partial charge is 0.455 e. The number of nitrogens with zero attached hydrogens (tertiary/aromatic N) is 1. The van der Waals surface area contributed by atoms with Gasteiger partial charge in [-0.2, -0.15) is 0 Å². The van der Waals surface area contributed by atoms with Gasteiger partial charge < -0.3 is 9.32 Å².